The Labute approximate surface area is 111 Å². The minimum atomic E-state index is 0.733. The van der Waals surface area contributed by atoms with Gasteiger partial charge in [-0.25, -0.2) is 0 Å². The van der Waals surface area contributed by atoms with E-state index in [2.05, 4.69) is 46.5 Å². The van der Waals surface area contributed by atoms with E-state index >= 15 is 0 Å². The van der Waals surface area contributed by atoms with Crippen LogP contribution in [0.3, 0.4) is 0 Å². The van der Waals surface area contributed by atoms with Crippen LogP contribution in [0.15, 0.2) is 15.9 Å². The molecule has 1 N–H and O–H groups in total. The molecule has 92 valence electrons. The zero-order valence-corrected chi connectivity index (χ0v) is 12.4. The van der Waals surface area contributed by atoms with Crippen LogP contribution >= 0.6 is 27.3 Å². The molecule has 0 aromatic carbocycles. The van der Waals surface area contributed by atoms with Crippen LogP contribution in [0.1, 0.15) is 25.1 Å². The zero-order chi connectivity index (χ0) is 11.8. The molecule has 0 saturated carbocycles. The molecule has 0 spiro atoms. The molecule has 1 rings (SSSR count). The molecule has 0 amide bonds. The molecule has 0 radical (unpaired) electrons. The molecule has 0 unspecified atom stereocenters. The molecule has 0 aliphatic rings. The summed E-state index contributed by atoms with van der Waals surface area (Å²) in [5, 5.41) is 5.48. The van der Waals surface area contributed by atoms with Gasteiger partial charge in [0.15, 0.2) is 0 Å². The van der Waals surface area contributed by atoms with Crippen LogP contribution in [0, 0.1) is 5.92 Å². The lowest BCUT2D eigenvalue weighted by Gasteiger charge is -2.06. The lowest BCUT2D eigenvalue weighted by molar-refractivity contribution is 0.125. The van der Waals surface area contributed by atoms with Gasteiger partial charge in [0.25, 0.3) is 0 Å². The molecule has 4 heteroatoms. The van der Waals surface area contributed by atoms with Gasteiger partial charge in [0.2, 0.25) is 0 Å². The van der Waals surface area contributed by atoms with Crippen molar-refractivity contribution < 1.29 is 4.74 Å². The molecular weight excluding hydrogens is 286 g/mol. The van der Waals surface area contributed by atoms with Crippen LogP contribution in [0.2, 0.25) is 0 Å². The minimum absolute atomic E-state index is 0.733. The number of hydrogen-bond acceptors (Lipinski definition) is 3. The van der Waals surface area contributed by atoms with Crippen LogP contribution in [0.4, 0.5) is 0 Å². The van der Waals surface area contributed by atoms with E-state index in [4.69, 9.17) is 4.74 Å². The van der Waals surface area contributed by atoms with Crippen LogP contribution in [-0.2, 0) is 11.3 Å². The molecule has 0 aliphatic heterocycles. The monoisotopic (exact) mass is 305 g/mol. The summed E-state index contributed by atoms with van der Waals surface area (Å²) in [5.41, 5.74) is 0. The average Bonchev–Trinajstić information content (AvgIpc) is 2.62. The second-order valence-corrected chi connectivity index (χ2v) is 6.11. The third kappa shape index (κ3) is 6.63. The lowest BCUT2D eigenvalue weighted by atomic mass is 10.1. The number of halogens is 1. The smallest absolute Gasteiger partial charge is 0.0591 e. The first-order chi connectivity index (χ1) is 7.68. The summed E-state index contributed by atoms with van der Waals surface area (Å²) in [6.07, 6.45) is 1.15. The van der Waals surface area contributed by atoms with Crippen molar-refractivity contribution >= 4 is 27.3 Å². The molecule has 0 fully saturated rings. The van der Waals surface area contributed by atoms with E-state index in [0.717, 1.165) is 38.6 Å². The number of ether oxygens (including phenoxy) is 1. The Hall–Kier alpha value is 0.1000. The van der Waals surface area contributed by atoms with Gasteiger partial charge in [-0.15, -0.1) is 11.3 Å². The summed E-state index contributed by atoms with van der Waals surface area (Å²) in [6, 6.07) is 2.15. The first-order valence-corrected chi connectivity index (χ1v) is 7.37. The van der Waals surface area contributed by atoms with Crippen molar-refractivity contribution in [3.05, 3.63) is 20.8 Å². The highest BCUT2D eigenvalue weighted by molar-refractivity contribution is 9.10. The highest BCUT2D eigenvalue weighted by Crippen LogP contribution is 2.19. The fourth-order valence-electron chi connectivity index (χ4n) is 1.22. The van der Waals surface area contributed by atoms with Crippen molar-refractivity contribution in [3.63, 3.8) is 0 Å². The van der Waals surface area contributed by atoms with E-state index in [9.17, 15) is 0 Å². The third-order valence-electron chi connectivity index (χ3n) is 2.18. The third-order valence-corrected chi connectivity index (χ3v) is 3.88. The van der Waals surface area contributed by atoms with Crippen molar-refractivity contribution in [3.8, 4) is 0 Å². The second-order valence-electron chi connectivity index (χ2n) is 4.20. The Bertz CT molecular complexity index is 288. The van der Waals surface area contributed by atoms with Crippen molar-refractivity contribution in [2.24, 2.45) is 5.92 Å². The van der Waals surface area contributed by atoms with Gasteiger partial charge < -0.3 is 10.1 Å². The second kappa shape index (κ2) is 8.23. The summed E-state index contributed by atoms with van der Waals surface area (Å²) >= 11 is 5.22. The summed E-state index contributed by atoms with van der Waals surface area (Å²) in [6.45, 7) is 7.98. The summed E-state index contributed by atoms with van der Waals surface area (Å²) < 4.78 is 6.69. The van der Waals surface area contributed by atoms with Crippen LogP contribution in [-0.4, -0.2) is 19.8 Å². The van der Waals surface area contributed by atoms with E-state index in [1.807, 2.05) is 0 Å². The van der Waals surface area contributed by atoms with E-state index in [1.165, 1.54) is 9.35 Å². The maximum absolute atomic E-state index is 5.52. The van der Waals surface area contributed by atoms with Crippen molar-refractivity contribution in [1.82, 2.24) is 5.32 Å². The standard InChI is InChI=1S/C12H20BrNOS/c1-10(2)3-5-15-6-4-14-8-12-7-11(13)9-16-12/h7,9-10,14H,3-6,8H2,1-2H3. The number of rotatable bonds is 8. The van der Waals surface area contributed by atoms with Gasteiger partial charge in [-0.1, -0.05) is 13.8 Å². The van der Waals surface area contributed by atoms with Gasteiger partial charge in [-0.3, -0.25) is 0 Å². The fourth-order valence-corrected chi connectivity index (χ4v) is 2.64. The average molecular weight is 306 g/mol. The van der Waals surface area contributed by atoms with Crippen molar-refractivity contribution in [1.29, 1.82) is 0 Å². The summed E-state index contributed by atoms with van der Waals surface area (Å²) in [5.74, 6) is 0.733. The first kappa shape index (κ1) is 14.2. The molecule has 2 nitrogen and oxygen atoms in total. The Morgan fingerprint density at radius 2 is 2.25 bits per heavy atom. The Kier molecular flexibility index (Phi) is 7.28. The van der Waals surface area contributed by atoms with Crippen LogP contribution < -0.4 is 5.32 Å². The molecule has 0 aliphatic carbocycles. The minimum Gasteiger partial charge on any atom is -0.380 e. The van der Waals surface area contributed by atoms with Gasteiger partial charge in [0.1, 0.15) is 0 Å². The normalized spacial score (nSPS) is 11.2. The predicted molar refractivity (Wildman–Crippen MR) is 74.0 cm³/mol. The molecular formula is C12H20BrNOS. The number of nitrogens with one attached hydrogen (secondary N) is 1. The Morgan fingerprint density at radius 1 is 1.44 bits per heavy atom. The van der Waals surface area contributed by atoms with Gasteiger partial charge >= 0.3 is 0 Å². The molecule has 0 bridgehead atoms. The highest BCUT2D eigenvalue weighted by atomic mass is 79.9. The number of thiophene rings is 1. The fraction of sp³-hybridized carbons (Fsp3) is 0.667. The quantitative estimate of drug-likeness (QED) is 0.740. The van der Waals surface area contributed by atoms with Crippen molar-refractivity contribution in [2.45, 2.75) is 26.8 Å². The summed E-state index contributed by atoms with van der Waals surface area (Å²) in [7, 11) is 0. The van der Waals surface area contributed by atoms with E-state index in [1.54, 1.807) is 11.3 Å². The molecule has 0 atom stereocenters. The van der Waals surface area contributed by atoms with Crippen molar-refractivity contribution in [2.75, 3.05) is 19.8 Å². The van der Waals surface area contributed by atoms with Crippen LogP contribution in [0.25, 0.3) is 0 Å². The topological polar surface area (TPSA) is 21.3 Å². The van der Waals surface area contributed by atoms with E-state index < -0.39 is 0 Å². The number of hydrogen-bond donors (Lipinski definition) is 1. The zero-order valence-electron chi connectivity index (χ0n) is 9.96. The molecule has 16 heavy (non-hydrogen) atoms. The lowest BCUT2D eigenvalue weighted by Crippen LogP contribution is -2.19. The molecule has 0 saturated heterocycles. The van der Waals surface area contributed by atoms with E-state index in [0.29, 0.717) is 0 Å². The van der Waals surface area contributed by atoms with Gasteiger partial charge in [-0.2, -0.15) is 0 Å². The van der Waals surface area contributed by atoms with Crippen LogP contribution in [0.5, 0.6) is 0 Å². The largest absolute Gasteiger partial charge is 0.380 e. The van der Waals surface area contributed by atoms with E-state index in [-0.39, 0.29) is 0 Å². The first-order valence-electron chi connectivity index (χ1n) is 5.70. The Balaban J connectivity index is 1.92. The van der Waals surface area contributed by atoms with Gasteiger partial charge in [0, 0.05) is 34.4 Å². The summed E-state index contributed by atoms with van der Waals surface area (Å²) in [4.78, 5) is 1.36. The molecule has 1 aromatic rings. The molecule has 1 heterocycles. The maximum atomic E-state index is 5.52. The van der Waals surface area contributed by atoms with Gasteiger partial charge in [-0.05, 0) is 34.3 Å². The predicted octanol–water partition coefficient (Wildman–Crippen LogP) is 3.66. The SMILES string of the molecule is CC(C)CCOCCNCc1cc(Br)cs1. The van der Waals surface area contributed by atoms with Gasteiger partial charge in [0.05, 0.1) is 6.61 Å². The molecule has 1 aromatic heterocycles. The Morgan fingerprint density at radius 3 is 2.88 bits per heavy atom. The maximum Gasteiger partial charge on any atom is 0.0591 e. The highest BCUT2D eigenvalue weighted by Gasteiger charge is 1.97.